The fraction of sp³-hybridized carbons (Fsp3) is 0.250. The van der Waals surface area contributed by atoms with Crippen LogP contribution in [0.3, 0.4) is 0 Å². The third-order valence-corrected chi connectivity index (χ3v) is 1.85. The van der Waals surface area contributed by atoms with Gasteiger partial charge >= 0.3 is 6.03 Å². The van der Waals surface area contributed by atoms with E-state index in [1.807, 2.05) is 24.3 Å². The molecule has 4 heteroatoms. The first kappa shape index (κ1) is 12.1. The molecule has 1 aromatic carbocycles. The molecule has 0 bridgehead atoms. The summed E-state index contributed by atoms with van der Waals surface area (Å²) in [7, 11) is 3.38. The van der Waals surface area contributed by atoms with Gasteiger partial charge in [-0.1, -0.05) is 17.9 Å². The second-order valence-corrected chi connectivity index (χ2v) is 3.41. The van der Waals surface area contributed by atoms with Gasteiger partial charge in [-0.2, -0.15) is 0 Å². The predicted octanol–water partition coefficient (Wildman–Crippen LogP) is 1.09. The first-order valence-corrected chi connectivity index (χ1v) is 4.91. The molecule has 1 aromatic rings. The Hall–Kier alpha value is -1.99. The standard InChI is InChI=1S/C12H15N3O/c1-15(2)12(16)14-11-7-3-5-10(9-11)6-4-8-13/h3,5,7,9H,8,13H2,1-2H3,(H,14,16). The highest BCUT2D eigenvalue weighted by Crippen LogP contribution is 2.09. The van der Waals surface area contributed by atoms with Gasteiger partial charge in [0.1, 0.15) is 0 Å². The molecule has 0 fully saturated rings. The number of nitrogens with two attached hydrogens (primary N) is 1. The van der Waals surface area contributed by atoms with Gasteiger partial charge < -0.3 is 16.0 Å². The Labute approximate surface area is 95.4 Å². The van der Waals surface area contributed by atoms with Gasteiger partial charge in [0.2, 0.25) is 0 Å². The predicted molar refractivity (Wildman–Crippen MR) is 65.1 cm³/mol. The molecule has 0 saturated heterocycles. The van der Waals surface area contributed by atoms with Crippen molar-refractivity contribution in [3.63, 3.8) is 0 Å². The number of nitrogens with zero attached hydrogens (tertiary/aromatic N) is 1. The molecule has 0 unspecified atom stereocenters. The molecule has 3 N–H and O–H groups in total. The van der Waals surface area contributed by atoms with Gasteiger partial charge in [0.15, 0.2) is 0 Å². The van der Waals surface area contributed by atoms with Gasteiger partial charge in [-0.25, -0.2) is 4.79 Å². The molecule has 84 valence electrons. The number of hydrogen-bond acceptors (Lipinski definition) is 2. The van der Waals surface area contributed by atoms with Crippen molar-refractivity contribution in [3.05, 3.63) is 29.8 Å². The molecule has 0 aliphatic rings. The fourth-order valence-electron chi connectivity index (χ4n) is 1.06. The lowest BCUT2D eigenvalue weighted by Crippen LogP contribution is -2.27. The number of amides is 2. The highest BCUT2D eigenvalue weighted by Gasteiger charge is 2.03. The van der Waals surface area contributed by atoms with Gasteiger partial charge in [-0.3, -0.25) is 0 Å². The van der Waals surface area contributed by atoms with Gasteiger partial charge in [0.05, 0.1) is 6.54 Å². The number of hydrogen-bond donors (Lipinski definition) is 2. The molecule has 0 radical (unpaired) electrons. The third-order valence-electron chi connectivity index (χ3n) is 1.85. The number of urea groups is 1. The summed E-state index contributed by atoms with van der Waals surface area (Å²) in [5, 5.41) is 2.75. The van der Waals surface area contributed by atoms with E-state index in [0.717, 1.165) is 11.3 Å². The van der Waals surface area contributed by atoms with Crippen molar-refractivity contribution in [2.45, 2.75) is 0 Å². The van der Waals surface area contributed by atoms with E-state index in [1.165, 1.54) is 4.90 Å². The summed E-state index contributed by atoms with van der Waals surface area (Å²) in [6.45, 7) is 0.328. The molecular weight excluding hydrogens is 202 g/mol. The molecule has 4 nitrogen and oxygen atoms in total. The van der Waals surface area contributed by atoms with Crippen molar-refractivity contribution in [1.82, 2.24) is 4.90 Å². The SMILES string of the molecule is CN(C)C(=O)Nc1cccc(C#CCN)c1. The molecule has 0 aromatic heterocycles. The van der Waals surface area contributed by atoms with Crippen LogP contribution in [0.1, 0.15) is 5.56 Å². The lowest BCUT2D eigenvalue weighted by Gasteiger charge is -2.11. The number of nitrogens with one attached hydrogen (secondary N) is 1. The Balaban J connectivity index is 2.78. The maximum atomic E-state index is 11.4. The first-order chi connectivity index (χ1) is 7.63. The minimum absolute atomic E-state index is 0.163. The summed E-state index contributed by atoms with van der Waals surface area (Å²) in [5.41, 5.74) is 6.84. The van der Waals surface area contributed by atoms with Crippen molar-refractivity contribution in [2.24, 2.45) is 5.73 Å². The highest BCUT2D eigenvalue weighted by molar-refractivity contribution is 5.89. The monoisotopic (exact) mass is 217 g/mol. The summed E-state index contributed by atoms with van der Waals surface area (Å²) in [4.78, 5) is 12.9. The van der Waals surface area contributed by atoms with Crippen LogP contribution in [-0.2, 0) is 0 Å². The van der Waals surface area contributed by atoms with Crippen LogP contribution >= 0.6 is 0 Å². The quantitative estimate of drug-likeness (QED) is 0.692. The lowest BCUT2D eigenvalue weighted by molar-refractivity contribution is 0.230. The van der Waals surface area contributed by atoms with Crippen LogP contribution in [0.4, 0.5) is 10.5 Å². The summed E-state index contributed by atoms with van der Waals surface area (Å²) < 4.78 is 0. The van der Waals surface area contributed by atoms with E-state index in [1.54, 1.807) is 14.1 Å². The maximum Gasteiger partial charge on any atom is 0.321 e. The van der Waals surface area contributed by atoms with Crippen molar-refractivity contribution >= 4 is 11.7 Å². The van der Waals surface area contributed by atoms with Gasteiger partial charge in [-0.05, 0) is 18.2 Å². The molecule has 0 heterocycles. The molecular formula is C12H15N3O. The minimum atomic E-state index is -0.163. The van der Waals surface area contributed by atoms with E-state index in [4.69, 9.17) is 5.73 Å². The van der Waals surface area contributed by atoms with Crippen LogP contribution in [-0.4, -0.2) is 31.6 Å². The Morgan fingerprint density at radius 1 is 1.50 bits per heavy atom. The largest absolute Gasteiger partial charge is 0.331 e. The summed E-state index contributed by atoms with van der Waals surface area (Å²) in [5.74, 6) is 5.67. The molecule has 0 aliphatic heterocycles. The van der Waals surface area contributed by atoms with Crippen LogP contribution < -0.4 is 11.1 Å². The summed E-state index contributed by atoms with van der Waals surface area (Å²) >= 11 is 0. The number of benzene rings is 1. The molecule has 0 aliphatic carbocycles. The zero-order chi connectivity index (χ0) is 12.0. The van der Waals surface area contributed by atoms with E-state index >= 15 is 0 Å². The number of rotatable bonds is 1. The zero-order valence-electron chi connectivity index (χ0n) is 9.45. The molecule has 2 amide bonds. The second kappa shape index (κ2) is 5.79. The minimum Gasteiger partial charge on any atom is -0.331 e. The Morgan fingerprint density at radius 2 is 2.25 bits per heavy atom. The van der Waals surface area contributed by atoms with E-state index in [9.17, 15) is 4.79 Å². The van der Waals surface area contributed by atoms with Crippen molar-refractivity contribution < 1.29 is 4.79 Å². The third kappa shape index (κ3) is 3.64. The highest BCUT2D eigenvalue weighted by atomic mass is 16.2. The normalized spacial score (nSPS) is 8.94. The number of carbonyl (C=O) groups excluding carboxylic acids is 1. The van der Waals surface area contributed by atoms with E-state index in [0.29, 0.717) is 6.54 Å². The Morgan fingerprint density at radius 3 is 2.88 bits per heavy atom. The molecule has 0 saturated carbocycles. The van der Waals surface area contributed by atoms with Gasteiger partial charge in [0.25, 0.3) is 0 Å². The van der Waals surface area contributed by atoms with E-state index in [2.05, 4.69) is 17.2 Å². The smallest absolute Gasteiger partial charge is 0.321 e. The molecule has 1 rings (SSSR count). The number of anilines is 1. The van der Waals surface area contributed by atoms with Crippen LogP contribution in [0.25, 0.3) is 0 Å². The van der Waals surface area contributed by atoms with Crippen LogP contribution in [0.5, 0.6) is 0 Å². The zero-order valence-corrected chi connectivity index (χ0v) is 9.45. The van der Waals surface area contributed by atoms with Crippen molar-refractivity contribution in [1.29, 1.82) is 0 Å². The fourth-order valence-corrected chi connectivity index (χ4v) is 1.06. The maximum absolute atomic E-state index is 11.4. The average Bonchev–Trinajstić information content (AvgIpc) is 2.26. The second-order valence-electron chi connectivity index (χ2n) is 3.41. The lowest BCUT2D eigenvalue weighted by atomic mass is 10.2. The average molecular weight is 217 g/mol. The Kier molecular flexibility index (Phi) is 4.37. The van der Waals surface area contributed by atoms with E-state index < -0.39 is 0 Å². The van der Waals surface area contributed by atoms with Crippen molar-refractivity contribution in [3.8, 4) is 11.8 Å². The first-order valence-electron chi connectivity index (χ1n) is 4.91. The molecule has 16 heavy (non-hydrogen) atoms. The Bertz CT molecular complexity index is 429. The topological polar surface area (TPSA) is 58.4 Å². The van der Waals surface area contributed by atoms with Gasteiger partial charge in [0, 0.05) is 25.3 Å². The van der Waals surface area contributed by atoms with Crippen molar-refractivity contribution in [2.75, 3.05) is 26.0 Å². The van der Waals surface area contributed by atoms with Crippen LogP contribution in [0, 0.1) is 11.8 Å². The summed E-state index contributed by atoms with van der Waals surface area (Å²) in [6.07, 6.45) is 0. The van der Waals surface area contributed by atoms with Crippen LogP contribution in [0.2, 0.25) is 0 Å². The molecule has 0 spiro atoms. The molecule has 0 atom stereocenters. The summed E-state index contributed by atoms with van der Waals surface area (Å²) in [6, 6.07) is 7.17. The van der Waals surface area contributed by atoms with E-state index in [-0.39, 0.29) is 6.03 Å². The number of carbonyl (C=O) groups is 1. The van der Waals surface area contributed by atoms with Crippen LogP contribution in [0.15, 0.2) is 24.3 Å². The van der Waals surface area contributed by atoms with Gasteiger partial charge in [-0.15, -0.1) is 0 Å².